The second-order valence-electron chi connectivity index (χ2n) is 1.72. The lowest BCUT2D eigenvalue weighted by atomic mass is 10.8. The molecule has 0 rings (SSSR count). The molecular formula is C5H11ClN4O. The minimum Gasteiger partial charge on any atom is -0.340 e. The van der Waals surface area contributed by atoms with Gasteiger partial charge in [-0.2, -0.15) is 5.11 Å². The molecule has 0 aliphatic carbocycles. The summed E-state index contributed by atoms with van der Waals surface area (Å²) in [7, 11) is 3.03. The van der Waals surface area contributed by atoms with E-state index in [4.69, 9.17) is 11.6 Å². The van der Waals surface area contributed by atoms with Crippen LogP contribution in [0.15, 0.2) is 10.3 Å². The van der Waals surface area contributed by atoms with E-state index < -0.39 is 0 Å². The van der Waals surface area contributed by atoms with E-state index in [0.717, 1.165) is 5.01 Å². The van der Waals surface area contributed by atoms with Crippen LogP contribution in [0.25, 0.3) is 0 Å². The van der Waals surface area contributed by atoms with Crippen LogP contribution >= 0.6 is 11.6 Å². The standard InChI is InChI=1S/C5H11ClN4O/c1-7-5(11)10(2)9-8-4-3-6/h3-4H2,1-2H3,(H,7,11)/b9-8-. The zero-order valence-corrected chi connectivity index (χ0v) is 7.30. The Morgan fingerprint density at radius 3 is 2.82 bits per heavy atom. The van der Waals surface area contributed by atoms with E-state index in [1.807, 2.05) is 0 Å². The summed E-state index contributed by atoms with van der Waals surface area (Å²) in [6.45, 7) is 0.420. The Hall–Kier alpha value is -0.840. The number of hydrogen-bond donors (Lipinski definition) is 1. The highest BCUT2D eigenvalue weighted by molar-refractivity contribution is 6.18. The normalized spacial score (nSPS) is 10.1. The average Bonchev–Trinajstić information content (AvgIpc) is 2.03. The van der Waals surface area contributed by atoms with Gasteiger partial charge in [0.05, 0.1) is 6.54 Å². The number of alkyl halides is 1. The fraction of sp³-hybridized carbons (Fsp3) is 0.800. The van der Waals surface area contributed by atoms with E-state index in [0.29, 0.717) is 12.4 Å². The van der Waals surface area contributed by atoms with E-state index in [-0.39, 0.29) is 6.03 Å². The van der Waals surface area contributed by atoms with Gasteiger partial charge in [0.25, 0.3) is 0 Å². The van der Waals surface area contributed by atoms with Crippen LogP contribution in [0, 0.1) is 0 Å². The van der Waals surface area contributed by atoms with Gasteiger partial charge in [0.2, 0.25) is 0 Å². The Kier molecular flexibility index (Phi) is 5.46. The summed E-state index contributed by atoms with van der Waals surface area (Å²) in [5, 5.41) is 10.7. The SMILES string of the molecule is CNC(=O)N(C)/N=N\CCCl. The minimum atomic E-state index is -0.302. The molecule has 0 unspecified atom stereocenters. The lowest BCUT2D eigenvalue weighted by Gasteiger charge is -2.06. The predicted octanol–water partition coefficient (Wildman–Crippen LogP) is 0.864. The maximum Gasteiger partial charge on any atom is 0.338 e. The van der Waals surface area contributed by atoms with E-state index >= 15 is 0 Å². The van der Waals surface area contributed by atoms with Crippen LogP contribution in [0.1, 0.15) is 0 Å². The van der Waals surface area contributed by atoms with Crippen molar-refractivity contribution in [1.82, 2.24) is 10.3 Å². The van der Waals surface area contributed by atoms with Gasteiger partial charge in [0, 0.05) is 20.0 Å². The third-order valence-corrected chi connectivity index (χ3v) is 1.06. The molecule has 0 aliphatic rings. The fourth-order valence-electron chi connectivity index (χ4n) is 0.380. The van der Waals surface area contributed by atoms with Gasteiger partial charge in [-0.3, -0.25) is 0 Å². The van der Waals surface area contributed by atoms with Crippen LogP contribution in [-0.4, -0.2) is 37.6 Å². The summed E-state index contributed by atoms with van der Waals surface area (Å²) in [5.74, 6) is 0.408. The summed E-state index contributed by atoms with van der Waals surface area (Å²) < 4.78 is 0. The monoisotopic (exact) mass is 178 g/mol. The number of urea groups is 1. The van der Waals surface area contributed by atoms with Gasteiger partial charge in [-0.1, -0.05) is 5.22 Å². The molecule has 11 heavy (non-hydrogen) atoms. The van der Waals surface area contributed by atoms with Gasteiger partial charge in [0.1, 0.15) is 0 Å². The van der Waals surface area contributed by atoms with Crippen molar-refractivity contribution in [2.24, 2.45) is 10.3 Å². The van der Waals surface area contributed by atoms with Crippen LogP contribution in [0.4, 0.5) is 4.79 Å². The molecule has 0 aromatic rings. The lowest BCUT2D eigenvalue weighted by Crippen LogP contribution is -2.30. The summed E-state index contributed by atoms with van der Waals surface area (Å²) in [6, 6.07) is -0.302. The molecule has 0 heterocycles. The Balaban J connectivity index is 3.66. The second kappa shape index (κ2) is 5.91. The molecular weight excluding hydrogens is 168 g/mol. The highest BCUT2D eigenvalue weighted by atomic mass is 35.5. The molecule has 5 nitrogen and oxygen atoms in total. The first-order chi connectivity index (χ1) is 5.22. The second-order valence-corrected chi connectivity index (χ2v) is 2.10. The smallest absolute Gasteiger partial charge is 0.338 e. The third kappa shape index (κ3) is 4.55. The minimum absolute atomic E-state index is 0.302. The topological polar surface area (TPSA) is 57.1 Å². The van der Waals surface area contributed by atoms with E-state index in [1.165, 1.54) is 14.1 Å². The van der Waals surface area contributed by atoms with Crippen molar-refractivity contribution < 1.29 is 4.79 Å². The number of nitrogens with one attached hydrogen (secondary N) is 1. The van der Waals surface area contributed by atoms with Crippen molar-refractivity contribution in [3.8, 4) is 0 Å². The Labute approximate surface area is 70.4 Å². The van der Waals surface area contributed by atoms with Crippen molar-refractivity contribution in [3.05, 3.63) is 0 Å². The Morgan fingerprint density at radius 1 is 1.73 bits per heavy atom. The summed E-state index contributed by atoms with van der Waals surface area (Å²) >= 11 is 5.33. The molecule has 0 saturated heterocycles. The lowest BCUT2D eigenvalue weighted by molar-refractivity contribution is 0.209. The van der Waals surface area contributed by atoms with Crippen LogP contribution in [-0.2, 0) is 0 Å². The maximum absolute atomic E-state index is 10.7. The Bertz CT molecular complexity index is 149. The van der Waals surface area contributed by atoms with Crippen LogP contribution in [0.2, 0.25) is 0 Å². The molecule has 0 radical (unpaired) electrons. The third-order valence-electron chi connectivity index (χ3n) is 0.890. The first kappa shape index (κ1) is 10.2. The van der Waals surface area contributed by atoms with E-state index in [9.17, 15) is 4.79 Å². The maximum atomic E-state index is 10.7. The van der Waals surface area contributed by atoms with E-state index in [1.54, 1.807) is 0 Å². The van der Waals surface area contributed by atoms with Crippen molar-refractivity contribution >= 4 is 17.6 Å². The van der Waals surface area contributed by atoms with E-state index in [2.05, 4.69) is 15.7 Å². The quantitative estimate of drug-likeness (QED) is 0.389. The summed E-state index contributed by atoms with van der Waals surface area (Å²) in [4.78, 5) is 10.7. The zero-order valence-electron chi connectivity index (χ0n) is 6.54. The van der Waals surface area contributed by atoms with Crippen molar-refractivity contribution in [2.45, 2.75) is 0 Å². The highest BCUT2D eigenvalue weighted by Crippen LogP contribution is 1.86. The van der Waals surface area contributed by atoms with Crippen molar-refractivity contribution in [2.75, 3.05) is 26.5 Å². The number of nitrogens with zero attached hydrogens (tertiary/aromatic N) is 3. The molecule has 2 amide bonds. The first-order valence-corrected chi connectivity index (χ1v) is 3.64. The summed E-state index contributed by atoms with van der Waals surface area (Å²) in [6.07, 6.45) is 0. The molecule has 1 N–H and O–H groups in total. The van der Waals surface area contributed by atoms with Gasteiger partial charge in [-0.05, 0) is 0 Å². The van der Waals surface area contributed by atoms with Gasteiger partial charge >= 0.3 is 6.03 Å². The first-order valence-electron chi connectivity index (χ1n) is 3.11. The molecule has 0 saturated carbocycles. The predicted molar refractivity (Wildman–Crippen MR) is 42.7 cm³/mol. The number of amides is 2. The Morgan fingerprint density at radius 2 is 2.36 bits per heavy atom. The molecule has 6 heteroatoms. The number of hydrogen-bond acceptors (Lipinski definition) is 3. The van der Waals surface area contributed by atoms with Gasteiger partial charge in [-0.15, -0.1) is 11.6 Å². The van der Waals surface area contributed by atoms with Gasteiger partial charge < -0.3 is 5.32 Å². The molecule has 0 atom stereocenters. The molecule has 0 aliphatic heterocycles. The molecule has 0 aromatic carbocycles. The van der Waals surface area contributed by atoms with Gasteiger partial charge in [0.15, 0.2) is 0 Å². The van der Waals surface area contributed by atoms with Crippen molar-refractivity contribution in [1.29, 1.82) is 0 Å². The number of carbonyl (C=O) groups is 1. The summed E-state index contributed by atoms with van der Waals surface area (Å²) in [5.41, 5.74) is 0. The number of carbonyl (C=O) groups excluding carboxylic acids is 1. The zero-order chi connectivity index (χ0) is 8.69. The number of rotatable bonds is 3. The molecule has 0 aromatic heterocycles. The average molecular weight is 179 g/mol. The molecule has 64 valence electrons. The van der Waals surface area contributed by atoms with Crippen LogP contribution < -0.4 is 5.32 Å². The highest BCUT2D eigenvalue weighted by Gasteiger charge is 2.01. The van der Waals surface area contributed by atoms with Crippen LogP contribution in [0.3, 0.4) is 0 Å². The van der Waals surface area contributed by atoms with Crippen LogP contribution in [0.5, 0.6) is 0 Å². The fourth-order valence-corrected chi connectivity index (χ4v) is 0.455. The largest absolute Gasteiger partial charge is 0.340 e. The number of halogens is 1. The molecule has 0 spiro atoms. The van der Waals surface area contributed by atoms with Gasteiger partial charge in [-0.25, -0.2) is 9.80 Å². The molecule has 0 bridgehead atoms. The van der Waals surface area contributed by atoms with Crippen molar-refractivity contribution in [3.63, 3.8) is 0 Å². The molecule has 0 fully saturated rings.